The molecule has 0 bridgehead atoms. The number of carbonyl (C=O) groups is 2. The Kier molecular flexibility index (Phi) is 5.24. The largest absolute Gasteiger partial charge is 0.352 e. The van der Waals surface area contributed by atoms with Crippen LogP contribution in [0.25, 0.3) is 22.2 Å². The van der Waals surface area contributed by atoms with Gasteiger partial charge in [0.05, 0.1) is 16.5 Å². The van der Waals surface area contributed by atoms with Crippen LogP contribution in [0.2, 0.25) is 0 Å². The molecule has 0 unspecified atom stereocenters. The normalized spacial score (nSPS) is 14.0. The summed E-state index contributed by atoms with van der Waals surface area (Å²) in [7, 11) is 0. The fourth-order valence-corrected chi connectivity index (χ4v) is 3.60. The van der Waals surface area contributed by atoms with Crippen LogP contribution in [0, 0.1) is 11.6 Å². The fourth-order valence-electron chi connectivity index (χ4n) is 3.60. The highest BCUT2D eigenvalue weighted by atomic mass is 19.1. The van der Waals surface area contributed by atoms with Crippen LogP contribution < -0.4 is 5.32 Å². The summed E-state index contributed by atoms with van der Waals surface area (Å²) in [5, 5.41) is 9.65. The van der Waals surface area contributed by atoms with E-state index in [-0.39, 0.29) is 22.6 Å². The third kappa shape index (κ3) is 3.83. The highest BCUT2D eigenvalue weighted by Crippen LogP contribution is 2.30. The number of benzene rings is 2. The number of rotatable bonds is 6. The smallest absolute Gasteiger partial charge is 0.254 e. The number of hydrogen-bond donors (Lipinski definition) is 2. The van der Waals surface area contributed by atoms with Gasteiger partial charge in [-0.1, -0.05) is 12.1 Å². The molecule has 4 rings (SSSR count). The molecule has 1 fully saturated rings. The van der Waals surface area contributed by atoms with Crippen molar-refractivity contribution in [3.05, 3.63) is 53.6 Å². The van der Waals surface area contributed by atoms with Crippen molar-refractivity contribution in [1.82, 2.24) is 20.4 Å². The lowest BCUT2D eigenvalue weighted by Gasteiger charge is -2.15. The molecule has 8 heteroatoms. The molecule has 150 valence electrons. The summed E-state index contributed by atoms with van der Waals surface area (Å²) in [6.07, 6.45) is 2.05. The van der Waals surface area contributed by atoms with Gasteiger partial charge in [-0.3, -0.25) is 14.7 Å². The molecule has 0 atom stereocenters. The molecule has 1 aromatic heterocycles. The molecule has 1 aliphatic rings. The number of amides is 2. The topological polar surface area (TPSA) is 78.1 Å². The molecule has 2 amide bonds. The number of nitrogens with zero attached hydrogens (tertiary/aromatic N) is 2. The molecule has 2 aromatic carbocycles. The van der Waals surface area contributed by atoms with Crippen molar-refractivity contribution < 1.29 is 18.4 Å². The molecule has 0 aliphatic carbocycles. The number of hydrogen-bond acceptors (Lipinski definition) is 3. The highest BCUT2D eigenvalue weighted by Gasteiger charge is 2.21. The molecule has 29 heavy (non-hydrogen) atoms. The van der Waals surface area contributed by atoms with E-state index >= 15 is 4.39 Å². The summed E-state index contributed by atoms with van der Waals surface area (Å²) in [6.45, 7) is 1.66. The van der Waals surface area contributed by atoms with Gasteiger partial charge in [0.1, 0.15) is 17.3 Å². The van der Waals surface area contributed by atoms with Crippen molar-refractivity contribution in [3.63, 3.8) is 0 Å². The summed E-state index contributed by atoms with van der Waals surface area (Å²) in [5.41, 5.74) is 0.988. The number of aromatic amines is 1. The van der Waals surface area contributed by atoms with E-state index in [1.54, 1.807) is 17.0 Å². The average Bonchev–Trinajstić information content (AvgIpc) is 3.32. The third-order valence-electron chi connectivity index (χ3n) is 5.07. The predicted octanol–water partition coefficient (Wildman–Crippen LogP) is 3.25. The lowest BCUT2D eigenvalue weighted by molar-refractivity contribution is -0.127. The van der Waals surface area contributed by atoms with Gasteiger partial charge in [0, 0.05) is 31.6 Å². The maximum Gasteiger partial charge on any atom is 0.254 e. The second-order valence-electron chi connectivity index (χ2n) is 7.03. The van der Waals surface area contributed by atoms with Crippen LogP contribution in [0.15, 0.2) is 36.4 Å². The van der Waals surface area contributed by atoms with Crippen molar-refractivity contribution in [1.29, 1.82) is 0 Å². The van der Waals surface area contributed by atoms with Gasteiger partial charge in [0.25, 0.3) is 5.91 Å². The number of nitrogens with one attached hydrogen (secondary N) is 2. The first-order chi connectivity index (χ1) is 14.0. The second kappa shape index (κ2) is 7.98. The predicted molar refractivity (Wildman–Crippen MR) is 104 cm³/mol. The first-order valence-corrected chi connectivity index (χ1v) is 9.53. The van der Waals surface area contributed by atoms with E-state index in [0.717, 1.165) is 13.0 Å². The van der Waals surface area contributed by atoms with E-state index < -0.39 is 17.5 Å². The molecular formula is C21H20F2N4O2. The molecule has 1 aliphatic heterocycles. The zero-order valence-corrected chi connectivity index (χ0v) is 15.7. The number of likely N-dealkylation sites (tertiary alicyclic amines) is 1. The molecule has 2 N–H and O–H groups in total. The Hall–Kier alpha value is -3.29. The summed E-state index contributed by atoms with van der Waals surface area (Å²) >= 11 is 0. The van der Waals surface area contributed by atoms with E-state index in [1.807, 2.05) is 0 Å². The fraction of sp³-hybridized carbons (Fsp3) is 0.286. The van der Waals surface area contributed by atoms with Gasteiger partial charge in [0.2, 0.25) is 5.91 Å². The number of fused-ring (bicyclic) bond motifs is 1. The van der Waals surface area contributed by atoms with E-state index in [2.05, 4.69) is 15.5 Å². The summed E-state index contributed by atoms with van der Waals surface area (Å²) in [5.74, 6) is -1.56. The van der Waals surface area contributed by atoms with Gasteiger partial charge in [-0.25, -0.2) is 8.78 Å². The Morgan fingerprint density at radius 2 is 2.10 bits per heavy atom. The van der Waals surface area contributed by atoms with Crippen molar-refractivity contribution in [2.24, 2.45) is 0 Å². The SMILES string of the molecule is O=C(NCCCN1CCCC1=O)c1ccc2[nH]nc(-c3cccc(F)c3)c2c1F. The number of H-pyrrole nitrogens is 1. The first-order valence-electron chi connectivity index (χ1n) is 9.53. The van der Waals surface area contributed by atoms with E-state index in [1.165, 1.54) is 24.3 Å². The lowest BCUT2D eigenvalue weighted by atomic mass is 10.0. The molecule has 2 heterocycles. The standard InChI is InChI=1S/C21H20F2N4O2/c22-14-5-1-4-13(12-14)20-18-16(25-26-20)8-7-15(19(18)23)21(29)24-9-3-11-27-10-2-6-17(27)28/h1,4-5,7-8,12H,2-3,6,9-11H2,(H,24,29)(H,25,26). The van der Waals surface area contributed by atoms with Gasteiger partial charge >= 0.3 is 0 Å². The summed E-state index contributed by atoms with van der Waals surface area (Å²) in [4.78, 5) is 25.8. The van der Waals surface area contributed by atoms with Crippen LogP contribution in [0.4, 0.5) is 8.78 Å². The maximum atomic E-state index is 15.1. The Balaban J connectivity index is 1.50. The number of aromatic nitrogens is 2. The van der Waals surface area contributed by atoms with Gasteiger partial charge in [-0.15, -0.1) is 0 Å². The van der Waals surface area contributed by atoms with Crippen molar-refractivity contribution in [2.75, 3.05) is 19.6 Å². The Morgan fingerprint density at radius 1 is 1.24 bits per heavy atom. The molecule has 6 nitrogen and oxygen atoms in total. The molecule has 0 radical (unpaired) electrons. The number of halogens is 2. The summed E-state index contributed by atoms with van der Waals surface area (Å²) in [6, 6.07) is 8.68. The van der Waals surface area contributed by atoms with E-state index in [4.69, 9.17) is 0 Å². The third-order valence-corrected chi connectivity index (χ3v) is 5.07. The molecule has 0 spiro atoms. The van der Waals surface area contributed by atoms with Crippen LogP contribution in [0.3, 0.4) is 0 Å². The Bertz CT molecular complexity index is 1080. The first kappa shape index (κ1) is 19.0. The van der Waals surface area contributed by atoms with Gasteiger partial charge in [0.15, 0.2) is 0 Å². The van der Waals surface area contributed by atoms with E-state index in [9.17, 15) is 14.0 Å². The monoisotopic (exact) mass is 398 g/mol. The van der Waals surface area contributed by atoms with E-state index in [0.29, 0.717) is 37.0 Å². The minimum Gasteiger partial charge on any atom is -0.352 e. The maximum absolute atomic E-state index is 15.1. The zero-order chi connectivity index (χ0) is 20.4. The van der Waals surface area contributed by atoms with Crippen LogP contribution >= 0.6 is 0 Å². The Morgan fingerprint density at radius 3 is 2.86 bits per heavy atom. The molecule has 0 saturated carbocycles. The Labute approximate surface area is 165 Å². The lowest BCUT2D eigenvalue weighted by Crippen LogP contribution is -2.31. The van der Waals surface area contributed by atoms with Crippen LogP contribution in [0.1, 0.15) is 29.6 Å². The minimum absolute atomic E-state index is 0.103. The summed E-state index contributed by atoms with van der Waals surface area (Å²) < 4.78 is 28.7. The molecular weight excluding hydrogens is 378 g/mol. The second-order valence-corrected chi connectivity index (χ2v) is 7.03. The van der Waals surface area contributed by atoms with Crippen LogP contribution in [-0.4, -0.2) is 46.5 Å². The molecule has 1 saturated heterocycles. The van der Waals surface area contributed by atoms with Gasteiger partial charge in [-0.2, -0.15) is 5.10 Å². The van der Waals surface area contributed by atoms with Crippen LogP contribution in [-0.2, 0) is 4.79 Å². The molecule has 3 aromatic rings. The zero-order valence-electron chi connectivity index (χ0n) is 15.7. The number of carbonyl (C=O) groups excluding carboxylic acids is 2. The van der Waals surface area contributed by atoms with Crippen molar-refractivity contribution in [2.45, 2.75) is 19.3 Å². The van der Waals surface area contributed by atoms with Crippen molar-refractivity contribution in [3.8, 4) is 11.3 Å². The van der Waals surface area contributed by atoms with Gasteiger partial charge < -0.3 is 10.2 Å². The minimum atomic E-state index is -0.706. The van der Waals surface area contributed by atoms with Crippen LogP contribution in [0.5, 0.6) is 0 Å². The quantitative estimate of drug-likeness (QED) is 0.626. The van der Waals surface area contributed by atoms with Crippen molar-refractivity contribution >= 4 is 22.7 Å². The van der Waals surface area contributed by atoms with Gasteiger partial charge in [-0.05, 0) is 37.1 Å². The highest BCUT2D eigenvalue weighted by molar-refractivity contribution is 6.02. The average molecular weight is 398 g/mol.